The molecule has 182 valence electrons. The highest BCUT2D eigenvalue weighted by Crippen LogP contribution is 2.21. The molecule has 1 atom stereocenters. The molecule has 0 aliphatic heterocycles. The molecule has 0 radical (unpaired) electrons. The molecule has 8 nitrogen and oxygen atoms in total. The van der Waals surface area contributed by atoms with E-state index in [1.807, 2.05) is 24.3 Å². The van der Waals surface area contributed by atoms with Gasteiger partial charge in [-0.05, 0) is 42.0 Å². The van der Waals surface area contributed by atoms with Gasteiger partial charge in [-0.2, -0.15) is 0 Å². The second kappa shape index (κ2) is 11.0. The molecule has 0 saturated carbocycles. The molecule has 0 spiro atoms. The van der Waals surface area contributed by atoms with Crippen molar-refractivity contribution in [2.24, 2.45) is 0 Å². The summed E-state index contributed by atoms with van der Waals surface area (Å²) in [5, 5.41) is 16.0. The van der Waals surface area contributed by atoms with Gasteiger partial charge in [-0.25, -0.2) is 9.78 Å². The van der Waals surface area contributed by atoms with Crippen molar-refractivity contribution in [1.82, 2.24) is 10.3 Å². The molecule has 2 aromatic carbocycles. The van der Waals surface area contributed by atoms with Crippen LogP contribution in [-0.2, 0) is 4.79 Å². The first-order valence-electron chi connectivity index (χ1n) is 11.1. The highest BCUT2D eigenvalue weighted by atomic mass is 28.3. The van der Waals surface area contributed by atoms with Gasteiger partial charge in [0.25, 0.3) is 5.91 Å². The van der Waals surface area contributed by atoms with Gasteiger partial charge in [-0.15, -0.1) is 0 Å². The molecule has 3 rings (SSSR count). The minimum Gasteiger partial charge on any atom is -0.497 e. The molecule has 35 heavy (non-hydrogen) atoms. The van der Waals surface area contributed by atoms with E-state index in [0.717, 1.165) is 0 Å². The molecule has 0 aliphatic carbocycles. The number of nitrogens with zero attached hydrogens (tertiary/aromatic N) is 1. The lowest BCUT2D eigenvalue weighted by Gasteiger charge is -2.20. The van der Waals surface area contributed by atoms with Crippen molar-refractivity contribution in [3.63, 3.8) is 0 Å². The van der Waals surface area contributed by atoms with E-state index >= 15 is 0 Å². The van der Waals surface area contributed by atoms with Crippen LogP contribution in [0.3, 0.4) is 0 Å². The zero-order valence-corrected chi connectivity index (χ0v) is 21.2. The van der Waals surface area contributed by atoms with E-state index in [1.165, 1.54) is 23.5 Å². The van der Waals surface area contributed by atoms with Crippen LogP contribution in [0.5, 0.6) is 5.75 Å². The Morgan fingerprint density at radius 3 is 2.14 bits per heavy atom. The highest BCUT2D eigenvalue weighted by molar-refractivity contribution is 6.88. The summed E-state index contributed by atoms with van der Waals surface area (Å²) < 4.78 is 5.21. The molecule has 3 N–H and O–H groups in total. The maximum Gasteiger partial charge on any atom is 0.354 e. The van der Waals surface area contributed by atoms with E-state index in [-0.39, 0.29) is 23.7 Å². The third kappa shape index (κ3) is 6.76. The molecule has 2 amide bonds. The van der Waals surface area contributed by atoms with Gasteiger partial charge in [0.2, 0.25) is 5.91 Å². The van der Waals surface area contributed by atoms with Crippen molar-refractivity contribution in [3.8, 4) is 5.75 Å². The predicted molar refractivity (Wildman–Crippen MR) is 137 cm³/mol. The number of benzene rings is 2. The van der Waals surface area contributed by atoms with Crippen molar-refractivity contribution in [2.75, 3.05) is 19.0 Å². The van der Waals surface area contributed by atoms with Crippen LogP contribution in [0.4, 0.5) is 5.69 Å². The number of rotatable bonds is 9. The smallest absolute Gasteiger partial charge is 0.354 e. The number of carbonyl (C=O) groups is 3. The molecule has 3 aromatic rings. The first-order chi connectivity index (χ1) is 16.6. The van der Waals surface area contributed by atoms with Gasteiger partial charge in [0.1, 0.15) is 11.4 Å². The number of aromatic nitrogens is 1. The van der Waals surface area contributed by atoms with E-state index in [1.54, 1.807) is 31.4 Å². The van der Waals surface area contributed by atoms with Crippen molar-refractivity contribution in [1.29, 1.82) is 0 Å². The number of anilines is 1. The van der Waals surface area contributed by atoms with Crippen LogP contribution in [-0.4, -0.2) is 49.6 Å². The monoisotopic (exact) mass is 491 g/mol. The van der Waals surface area contributed by atoms with Crippen LogP contribution in [0.25, 0.3) is 0 Å². The standard InChI is InChI=1S/C26H29N3O5Si/c1-34-20-10-5-17(6-11-20)22(16-28-24(30)18-7-14-23(26(32)33)27-15-18)25(31)29-19-8-12-21(13-9-19)35(2,3)4/h5-15,22H,16H2,1-4H3,(H,28,30)(H,29,31)(H,32,33). The Bertz CT molecular complexity index is 1190. The Hall–Kier alpha value is -3.98. The fraction of sp³-hybridized carbons (Fsp3) is 0.231. The molecule has 0 bridgehead atoms. The lowest BCUT2D eigenvalue weighted by atomic mass is 9.97. The molecule has 0 fully saturated rings. The Labute approximate surface area is 205 Å². The summed E-state index contributed by atoms with van der Waals surface area (Å²) in [6.45, 7) is 6.81. The third-order valence-electron chi connectivity index (χ3n) is 5.56. The van der Waals surface area contributed by atoms with Gasteiger partial charge in [0.15, 0.2) is 0 Å². The van der Waals surface area contributed by atoms with Gasteiger partial charge in [-0.1, -0.05) is 49.1 Å². The summed E-state index contributed by atoms with van der Waals surface area (Å²) in [4.78, 5) is 40.6. The fourth-order valence-electron chi connectivity index (χ4n) is 3.43. The molecular weight excluding hydrogens is 462 g/mol. The summed E-state index contributed by atoms with van der Waals surface area (Å²) in [7, 11) is 0.106. The number of hydrogen-bond donors (Lipinski definition) is 3. The van der Waals surface area contributed by atoms with Gasteiger partial charge < -0.3 is 20.5 Å². The lowest BCUT2D eigenvalue weighted by Crippen LogP contribution is -2.37. The average molecular weight is 492 g/mol. The highest BCUT2D eigenvalue weighted by Gasteiger charge is 2.23. The summed E-state index contributed by atoms with van der Waals surface area (Å²) in [5.41, 5.74) is 1.43. The number of carboxylic acids is 1. The minimum atomic E-state index is -1.46. The van der Waals surface area contributed by atoms with Crippen LogP contribution in [0, 0.1) is 0 Å². The Morgan fingerprint density at radius 1 is 0.971 bits per heavy atom. The molecule has 1 unspecified atom stereocenters. The van der Waals surface area contributed by atoms with Gasteiger partial charge in [0, 0.05) is 18.4 Å². The topological polar surface area (TPSA) is 118 Å². The molecular formula is C26H29N3O5Si. The van der Waals surface area contributed by atoms with Crippen LogP contribution < -0.4 is 20.6 Å². The van der Waals surface area contributed by atoms with Gasteiger partial charge in [-0.3, -0.25) is 9.59 Å². The minimum absolute atomic E-state index is 0.0324. The second-order valence-electron chi connectivity index (χ2n) is 9.09. The van der Waals surface area contributed by atoms with Crippen molar-refractivity contribution in [2.45, 2.75) is 25.6 Å². The Kier molecular flexibility index (Phi) is 8.03. The maximum absolute atomic E-state index is 13.3. The number of ether oxygens (including phenoxy) is 1. The molecule has 1 aromatic heterocycles. The second-order valence-corrected chi connectivity index (χ2v) is 14.2. The quantitative estimate of drug-likeness (QED) is 0.395. The van der Waals surface area contributed by atoms with E-state index in [0.29, 0.717) is 17.0 Å². The normalized spacial score (nSPS) is 11.9. The molecule has 0 aliphatic rings. The van der Waals surface area contributed by atoms with Crippen molar-refractivity contribution in [3.05, 3.63) is 83.7 Å². The average Bonchev–Trinajstić information content (AvgIpc) is 2.84. The summed E-state index contributed by atoms with van der Waals surface area (Å²) in [5.74, 6) is -1.92. The number of amides is 2. The zero-order valence-electron chi connectivity index (χ0n) is 20.2. The van der Waals surface area contributed by atoms with E-state index < -0.39 is 25.9 Å². The van der Waals surface area contributed by atoms with Gasteiger partial charge >= 0.3 is 5.97 Å². The molecule has 0 saturated heterocycles. The number of pyridine rings is 1. The van der Waals surface area contributed by atoms with Crippen LogP contribution in [0.2, 0.25) is 19.6 Å². The first-order valence-corrected chi connectivity index (χ1v) is 14.6. The Balaban J connectivity index is 1.77. The number of carboxylic acid groups (broad SMARTS) is 1. The van der Waals surface area contributed by atoms with E-state index in [9.17, 15) is 14.4 Å². The molecule has 9 heteroatoms. The summed E-state index contributed by atoms with van der Waals surface area (Å²) >= 11 is 0. The summed E-state index contributed by atoms with van der Waals surface area (Å²) in [6, 6.07) is 17.6. The van der Waals surface area contributed by atoms with Crippen molar-refractivity contribution >= 4 is 36.7 Å². The third-order valence-corrected chi connectivity index (χ3v) is 7.63. The predicted octanol–water partition coefficient (Wildman–Crippen LogP) is 3.49. The van der Waals surface area contributed by atoms with Crippen molar-refractivity contribution < 1.29 is 24.2 Å². The Morgan fingerprint density at radius 2 is 1.63 bits per heavy atom. The number of carbonyl (C=O) groups excluding carboxylic acids is 2. The number of methoxy groups -OCH3 is 1. The SMILES string of the molecule is COc1ccc(C(CNC(=O)c2ccc(C(=O)O)nc2)C(=O)Nc2ccc([Si](C)(C)C)cc2)cc1. The zero-order chi connectivity index (χ0) is 25.6. The van der Waals surface area contributed by atoms with E-state index in [2.05, 4.69) is 35.3 Å². The maximum atomic E-state index is 13.3. The number of aromatic carboxylic acids is 1. The largest absolute Gasteiger partial charge is 0.497 e. The van der Waals surface area contributed by atoms with Gasteiger partial charge in [0.05, 0.1) is 26.7 Å². The van der Waals surface area contributed by atoms with E-state index in [4.69, 9.17) is 9.84 Å². The van der Waals surface area contributed by atoms with Crippen LogP contribution >= 0.6 is 0 Å². The fourth-order valence-corrected chi connectivity index (χ4v) is 4.60. The van der Waals surface area contributed by atoms with Crippen LogP contribution in [0.15, 0.2) is 66.9 Å². The number of hydrogen-bond acceptors (Lipinski definition) is 5. The summed E-state index contributed by atoms with van der Waals surface area (Å²) in [6.07, 6.45) is 1.20. The molecule has 1 heterocycles. The number of nitrogens with one attached hydrogen (secondary N) is 2. The first kappa shape index (κ1) is 25.6. The lowest BCUT2D eigenvalue weighted by molar-refractivity contribution is -0.117. The van der Waals surface area contributed by atoms with Crippen LogP contribution in [0.1, 0.15) is 32.3 Å².